The van der Waals surface area contributed by atoms with Crippen LogP contribution < -0.4 is 9.47 Å². The molecule has 0 amide bonds. The van der Waals surface area contributed by atoms with E-state index in [1.807, 2.05) is 25.1 Å². The lowest BCUT2D eigenvalue weighted by Crippen LogP contribution is -2.01. The Bertz CT molecular complexity index is 616. The first-order valence-corrected chi connectivity index (χ1v) is 7.64. The normalized spacial score (nSPS) is 10.5. The first-order valence-electron chi connectivity index (χ1n) is 6.35. The van der Waals surface area contributed by atoms with Crippen LogP contribution in [0.15, 0.2) is 30.3 Å². The first-order chi connectivity index (χ1) is 10.0. The number of alkyl halides is 1. The van der Waals surface area contributed by atoms with E-state index in [-0.39, 0.29) is 5.88 Å². The Hall–Kier alpha value is -1.09. The zero-order chi connectivity index (χ0) is 15.4. The molecule has 112 valence electrons. The van der Waals surface area contributed by atoms with Gasteiger partial charge in [0.1, 0.15) is 6.61 Å². The van der Waals surface area contributed by atoms with E-state index in [1.54, 1.807) is 19.2 Å². The lowest BCUT2D eigenvalue weighted by molar-refractivity contribution is 0.282. The summed E-state index contributed by atoms with van der Waals surface area (Å²) in [6.45, 7) is 2.32. The Morgan fingerprint density at radius 1 is 1.05 bits per heavy atom. The molecule has 0 saturated heterocycles. The molecule has 0 atom stereocenters. The Morgan fingerprint density at radius 3 is 2.43 bits per heavy atom. The number of hydrogen-bond donors (Lipinski definition) is 0. The zero-order valence-corrected chi connectivity index (χ0v) is 14.0. The highest BCUT2D eigenvalue weighted by atomic mass is 35.5. The van der Waals surface area contributed by atoms with Crippen LogP contribution in [0.3, 0.4) is 0 Å². The van der Waals surface area contributed by atoms with Crippen molar-refractivity contribution in [2.45, 2.75) is 19.4 Å². The van der Waals surface area contributed by atoms with Crippen molar-refractivity contribution in [3.8, 4) is 11.5 Å². The highest BCUT2D eigenvalue weighted by Crippen LogP contribution is 2.36. The molecule has 2 nitrogen and oxygen atoms in total. The van der Waals surface area contributed by atoms with Gasteiger partial charge in [0.05, 0.1) is 13.0 Å². The number of rotatable bonds is 5. The van der Waals surface area contributed by atoms with Crippen molar-refractivity contribution in [1.29, 1.82) is 0 Å². The third kappa shape index (κ3) is 3.97. The molecular formula is C16H15Cl3O2. The van der Waals surface area contributed by atoms with E-state index in [9.17, 15) is 0 Å². The van der Waals surface area contributed by atoms with E-state index in [0.717, 1.165) is 16.7 Å². The van der Waals surface area contributed by atoms with Crippen molar-refractivity contribution in [3.05, 3.63) is 57.1 Å². The SMILES string of the molecule is COc1cc(Cl)cc(CCl)c1OCc1ccc(C)cc1Cl. The Balaban J connectivity index is 2.26. The van der Waals surface area contributed by atoms with Gasteiger partial charge in [-0.05, 0) is 24.6 Å². The van der Waals surface area contributed by atoms with E-state index >= 15 is 0 Å². The van der Waals surface area contributed by atoms with Gasteiger partial charge in [0.2, 0.25) is 0 Å². The fourth-order valence-corrected chi connectivity index (χ4v) is 2.68. The van der Waals surface area contributed by atoms with E-state index in [2.05, 4.69) is 0 Å². The third-order valence-corrected chi connectivity index (χ3v) is 3.90. The lowest BCUT2D eigenvalue weighted by atomic mass is 10.1. The van der Waals surface area contributed by atoms with Crippen molar-refractivity contribution in [2.24, 2.45) is 0 Å². The molecule has 0 aliphatic carbocycles. The van der Waals surface area contributed by atoms with Gasteiger partial charge in [0.25, 0.3) is 0 Å². The molecule has 0 aromatic heterocycles. The first kappa shape index (κ1) is 16.3. The molecule has 2 aromatic carbocycles. The smallest absolute Gasteiger partial charge is 0.166 e. The molecule has 0 N–H and O–H groups in total. The van der Waals surface area contributed by atoms with Crippen LogP contribution in [-0.2, 0) is 12.5 Å². The quantitative estimate of drug-likeness (QED) is 0.654. The van der Waals surface area contributed by atoms with Crippen molar-refractivity contribution < 1.29 is 9.47 Å². The van der Waals surface area contributed by atoms with E-state index in [4.69, 9.17) is 44.3 Å². The molecule has 0 spiro atoms. The topological polar surface area (TPSA) is 18.5 Å². The molecule has 0 saturated carbocycles. The van der Waals surface area contributed by atoms with Gasteiger partial charge < -0.3 is 9.47 Å². The molecule has 0 unspecified atom stereocenters. The summed E-state index contributed by atoms with van der Waals surface area (Å²) in [7, 11) is 1.56. The van der Waals surface area contributed by atoms with Crippen LogP contribution in [0, 0.1) is 6.92 Å². The molecule has 21 heavy (non-hydrogen) atoms. The average Bonchev–Trinajstić information content (AvgIpc) is 2.46. The molecule has 2 rings (SSSR count). The summed E-state index contributed by atoms with van der Waals surface area (Å²) < 4.78 is 11.2. The van der Waals surface area contributed by atoms with E-state index in [0.29, 0.717) is 28.2 Å². The second-order valence-corrected chi connectivity index (χ2v) is 5.72. The van der Waals surface area contributed by atoms with Crippen LogP contribution in [-0.4, -0.2) is 7.11 Å². The van der Waals surface area contributed by atoms with Gasteiger partial charge in [-0.3, -0.25) is 0 Å². The van der Waals surface area contributed by atoms with Crippen LogP contribution in [0.25, 0.3) is 0 Å². The highest BCUT2D eigenvalue weighted by molar-refractivity contribution is 6.31. The predicted octanol–water partition coefficient (Wildman–Crippen LogP) is 5.63. The second kappa shape index (κ2) is 7.26. The van der Waals surface area contributed by atoms with Crippen molar-refractivity contribution in [1.82, 2.24) is 0 Å². The van der Waals surface area contributed by atoms with E-state index in [1.165, 1.54) is 0 Å². The monoisotopic (exact) mass is 344 g/mol. The van der Waals surface area contributed by atoms with Crippen molar-refractivity contribution in [2.75, 3.05) is 7.11 Å². The second-order valence-electron chi connectivity index (χ2n) is 4.61. The van der Waals surface area contributed by atoms with Gasteiger partial charge in [-0.25, -0.2) is 0 Å². The molecular weight excluding hydrogens is 331 g/mol. The molecule has 0 aliphatic rings. The number of aryl methyl sites for hydroxylation is 1. The van der Waals surface area contributed by atoms with Crippen LogP contribution >= 0.6 is 34.8 Å². The lowest BCUT2D eigenvalue weighted by Gasteiger charge is -2.15. The van der Waals surface area contributed by atoms with Crippen LogP contribution in [0.4, 0.5) is 0 Å². The summed E-state index contributed by atoms with van der Waals surface area (Å²) in [6, 6.07) is 9.31. The van der Waals surface area contributed by atoms with Crippen LogP contribution in [0.5, 0.6) is 11.5 Å². The molecule has 0 aliphatic heterocycles. The van der Waals surface area contributed by atoms with E-state index < -0.39 is 0 Å². The summed E-state index contributed by atoms with van der Waals surface area (Å²) in [5.74, 6) is 1.43. The minimum Gasteiger partial charge on any atom is -0.493 e. The summed E-state index contributed by atoms with van der Waals surface area (Å²) in [5.41, 5.74) is 2.79. The third-order valence-electron chi connectivity index (χ3n) is 3.04. The molecule has 0 bridgehead atoms. The zero-order valence-electron chi connectivity index (χ0n) is 11.8. The number of hydrogen-bond acceptors (Lipinski definition) is 2. The maximum atomic E-state index is 6.21. The average molecular weight is 346 g/mol. The Kier molecular flexibility index (Phi) is 5.63. The molecule has 2 aromatic rings. The van der Waals surface area contributed by atoms with Gasteiger partial charge in [-0.2, -0.15) is 0 Å². The number of benzene rings is 2. The Morgan fingerprint density at radius 2 is 1.81 bits per heavy atom. The minimum atomic E-state index is 0.286. The van der Waals surface area contributed by atoms with Gasteiger partial charge in [-0.1, -0.05) is 35.3 Å². The fraction of sp³-hybridized carbons (Fsp3) is 0.250. The van der Waals surface area contributed by atoms with Crippen LogP contribution in [0.2, 0.25) is 10.0 Å². The highest BCUT2D eigenvalue weighted by Gasteiger charge is 2.13. The molecule has 0 radical (unpaired) electrons. The molecule has 0 fully saturated rings. The Labute approximate surface area is 139 Å². The number of ether oxygens (including phenoxy) is 2. The van der Waals surface area contributed by atoms with Crippen molar-refractivity contribution in [3.63, 3.8) is 0 Å². The van der Waals surface area contributed by atoms with Crippen LogP contribution in [0.1, 0.15) is 16.7 Å². The predicted molar refractivity (Wildman–Crippen MR) is 88.1 cm³/mol. The summed E-state index contributed by atoms with van der Waals surface area (Å²) >= 11 is 18.2. The fourth-order valence-electron chi connectivity index (χ4n) is 1.96. The van der Waals surface area contributed by atoms with Crippen molar-refractivity contribution >= 4 is 34.8 Å². The molecule has 5 heteroatoms. The maximum absolute atomic E-state index is 6.21. The summed E-state index contributed by atoms with van der Waals surface area (Å²) in [5, 5.41) is 1.23. The summed E-state index contributed by atoms with van der Waals surface area (Å²) in [6.07, 6.45) is 0. The standard InChI is InChI=1S/C16H15Cl3O2/c1-10-3-4-11(14(19)5-10)9-21-16-12(8-17)6-13(18)7-15(16)20-2/h3-7H,8-9H2,1-2H3. The number of halogens is 3. The maximum Gasteiger partial charge on any atom is 0.166 e. The minimum absolute atomic E-state index is 0.286. The van der Waals surface area contributed by atoms with Gasteiger partial charge in [0.15, 0.2) is 11.5 Å². The number of methoxy groups -OCH3 is 1. The largest absolute Gasteiger partial charge is 0.493 e. The molecule has 0 heterocycles. The van der Waals surface area contributed by atoms with Gasteiger partial charge >= 0.3 is 0 Å². The van der Waals surface area contributed by atoms with Gasteiger partial charge in [0, 0.05) is 27.2 Å². The summed E-state index contributed by atoms with van der Waals surface area (Å²) in [4.78, 5) is 0. The van der Waals surface area contributed by atoms with Gasteiger partial charge in [-0.15, -0.1) is 11.6 Å².